The van der Waals surface area contributed by atoms with Gasteiger partial charge in [0, 0.05) is 33.4 Å². The van der Waals surface area contributed by atoms with E-state index in [2.05, 4.69) is 5.32 Å². The van der Waals surface area contributed by atoms with Gasteiger partial charge in [-0.05, 0) is 84.8 Å². The lowest BCUT2D eigenvalue weighted by Crippen LogP contribution is -2.13. The van der Waals surface area contributed by atoms with Gasteiger partial charge in [-0.25, -0.2) is 0 Å². The summed E-state index contributed by atoms with van der Waals surface area (Å²) < 4.78 is 17.3. The topological polar surface area (TPSA) is 124 Å². The van der Waals surface area contributed by atoms with E-state index in [1.807, 2.05) is 6.07 Å². The van der Waals surface area contributed by atoms with Crippen LogP contribution in [0.15, 0.2) is 84.4 Å². The molecule has 0 radical (unpaired) electrons. The van der Waals surface area contributed by atoms with Crippen LogP contribution < -0.4 is 19.5 Å². The van der Waals surface area contributed by atoms with E-state index in [0.717, 1.165) is 5.56 Å². The molecule has 1 N–H and O–H groups in total. The van der Waals surface area contributed by atoms with Gasteiger partial charge in [0.15, 0.2) is 11.5 Å². The second-order valence-corrected chi connectivity index (χ2v) is 10.4. The number of nitriles is 1. The van der Waals surface area contributed by atoms with Crippen LogP contribution in [-0.2, 0) is 18.0 Å². The van der Waals surface area contributed by atoms with Gasteiger partial charge in [-0.3, -0.25) is 14.9 Å². The number of anilines is 1. The second kappa shape index (κ2) is 15.1. The quantitative estimate of drug-likeness (QED) is 0.0703. The van der Waals surface area contributed by atoms with Crippen molar-refractivity contribution >= 4 is 58.2 Å². The highest BCUT2D eigenvalue weighted by Gasteiger charge is 2.16. The Kier molecular flexibility index (Phi) is 11.1. The maximum Gasteiger partial charge on any atom is 0.269 e. The van der Waals surface area contributed by atoms with E-state index in [1.165, 1.54) is 18.2 Å². The molecule has 0 aromatic heterocycles. The van der Waals surface area contributed by atoms with Crippen molar-refractivity contribution < 1.29 is 23.9 Å². The zero-order valence-electron chi connectivity index (χ0n) is 23.2. The normalized spacial score (nSPS) is 10.9. The third kappa shape index (κ3) is 8.64. The van der Waals surface area contributed by atoms with E-state index in [1.54, 1.807) is 73.7 Å². The Balaban J connectivity index is 1.43. The van der Waals surface area contributed by atoms with Gasteiger partial charge in [0.25, 0.3) is 11.6 Å². The first kappa shape index (κ1) is 32.2. The van der Waals surface area contributed by atoms with Crippen LogP contribution in [0.1, 0.15) is 23.6 Å². The van der Waals surface area contributed by atoms with Gasteiger partial charge in [-0.15, -0.1) is 0 Å². The molecule has 44 heavy (non-hydrogen) atoms. The molecular weight excluding hydrogens is 629 g/mol. The number of nitrogens with zero attached hydrogens (tertiary/aromatic N) is 2. The maximum absolute atomic E-state index is 12.9. The van der Waals surface area contributed by atoms with Crippen molar-refractivity contribution in [3.8, 4) is 23.3 Å². The number of halogens is 3. The van der Waals surface area contributed by atoms with Gasteiger partial charge in [-0.2, -0.15) is 5.26 Å². The lowest BCUT2D eigenvalue weighted by molar-refractivity contribution is -0.384. The summed E-state index contributed by atoms with van der Waals surface area (Å²) in [6.45, 7) is 2.40. The van der Waals surface area contributed by atoms with Crippen LogP contribution in [0.5, 0.6) is 17.2 Å². The summed E-state index contributed by atoms with van der Waals surface area (Å²) in [5.41, 5.74) is 2.16. The first-order chi connectivity index (χ1) is 21.2. The molecule has 0 aliphatic heterocycles. The fourth-order valence-electron chi connectivity index (χ4n) is 3.89. The smallest absolute Gasteiger partial charge is 0.269 e. The molecule has 4 aromatic carbocycles. The maximum atomic E-state index is 12.9. The molecule has 0 aliphatic carbocycles. The lowest BCUT2D eigenvalue weighted by Gasteiger charge is -2.15. The Labute approximate surface area is 268 Å². The highest BCUT2D eigenvalue weighted by atomic mass is 35.5. The van der Waals surface area contributed by atoms with Crippen molar-refractivity contribution in [2.45, 2.75) is 20.1 Å². The molecule has 0 aliphatic rings. The SMILES string of the molecule is CCOc1cc(/C=C(\C#N)C(=O)Nc2ccc(OCc3ccc(Cl)cc3Cl)cc2)cc(Cl)c1OCc1ccc([N+](=O)[O-])cc1. The van der Waals surface area contributed by atoms with Gasteiger partial charge in [-0.1, -0.05) is 40.9 Å². The standard InChI is InChI=1S/C32H24Cl3N3O6/c1-2-42-30-15-21(14-29(35)31(30)44-18-20-3-9-26(10-4-20)38(40)41)13-23(17-36)32(39)37-25-7-11-27(12-8-25)43-19-22-5-6-24(33)16-28(22)34/h3-16H,2,18-19H2,1H3,(H,37,39)/b23-13+. The number of nitrogens with one attached hydrogen (secondary N) is 1. The third-order valence-electron chi connectivity index (χ3n) is 6.06. The molecule has 0 atom stereocenters. The largest absolute Gasteiger partial charge is 0.490 e. The number of rotatable bonds is 12. The Morgan fingerprint density at radius 3 is 2.30 bits per heavy atom. The van der Waals surface area contributed by atoms with Crippen LogP contribution in [0.3, 0.4) is 0 Å². The monoisotopic (exact) mass is 651 g/mol. The number of amides is 1. The van der Waals surface area contributed by atoms with Crippen LogP contribution in [0.4, 0.5) is 11.4 Å². The van der Waals surface area contributed by atoms with Gasteiger partial charge in [0.2, 0.25) is 0 Å². The van der Waals surface area contributed by atoms with Gasteiger partial charge in [0.05, 0.1) is 16.6 Å². The molecule has 12 heteroatoms. The van der Waals surface area contributed by atoms with Gasteiger partial charge in [0.1, 0.15) is 30.6 Å². The Bertz CT molecular complexity index is 1740. The highest BCUT2D eigenvalue weighted by Crippen LogP contribution is 2.38. The number of ether oxygens (including phenoxy) is 3. The second-order valence-electron chi connectivity index (χ2n) is 9.15. The summed E-state index contributed by atoms with van der Waals surface area (Å²) in [4.78, 5) is 23.3. The van der Waals surface area contributed by atoms with E-state index >= 15 is 0 Å². The van der Waals surface area contributed by atoms with E-state index in [4.69, 9.17) is 49.0 Å². The van der Waals surface area contributed by atoms with Gasteiger partial charge < -0.3 is 19.5 Å². The van der Waals surface area contributed by atoms with E-state index < -0.39 is 10.8 Å². The van der Waals surface area contributed by atoms with Crippen LogP contribution in [0, 0.1) is 21.4 Å². The molecule has 0 fully saturated rings. The summed E-state index contributed by atoms with van der Waals surface area (Å²) in [7, 11) is 0. The van der Waals surface area contributed by atoms with Crippen LogP contribution in [0.2, 0.25) is 15.1 Å². The number of nitro groups is 1. The van der Waals surface area contributed by atoms with Crippen molar-refractivity contribution in [3.63, 3.8) is 0 Å². The van der Waals surface area contributed by atoms with E-state index in [9.17, 15) is 20.2 Å². The fourth-order valence-corrected chi connectivity index (χ4v) is 4.63. The number of benzene rings is 4. The lowest BCUT2D eigenvalue weighted by atomic mass is 10.1. The molecular formula is C32H24Cl3N3O6. The van der Waals surface area contributed by atoms with Crippen molar-refractivity contribution in [1.29, 1.82) is 5.26 Å². The van der Waals surface area contributed by atoms with Crippen LogP contribution in [-0.4, -0.2) is 17.4 Å². The molecule has 4 rings (SSSR count). The van der Waals surface area contributed by atoms with Crippen molar-refractivity contribution in [1.82, 2.24) is 0 Å². The summed E-state index contributed by atoms with van der Waals surface area (Å²) >= 11 is 18.6. The average molecular weight is 653 g/mol. The summed E-state index contributed by atoms with van der Waals surface area (Å²) in [5.74, 6) is 0.495. The molecule has 0 unspecified atom stereocenters. The third-order valence-corrected chi connectivity index (χ3v) is 6.93. The summed E-state index contributed by atoms with van der Waals surface area (Å²) in [6, 6.07) is 22.8. The van der Waals surface area contributed by atoms with Crippen LogP contribution >= 0.6 is 34.8 Å². The van der Waals surface area contributed by atoms with E-state index in [-0.39, 0.29) is 35.2 Å². The first-order valence-electron chi connectivity index (χ1n) is 13.1. The highest BCUT2D eigenvalue weighted by molar-refractivity contribution is 6.35. The predicted molar refractivity (Wildman–Crippen MR) is 170 cm³/mol. The number of hydrogen-bond donors (Lipinski definition) is 1. The average Bonchev–Trinajstić information content (AvgIpc) is 3.00. The molecule has 0 saturated heterocycles. The molecule has 9 nitrogen and oxygen atoms in total. The van der Waals surface area contributed by atoms with Crippen molar-refractivity contribution in [2.24, 2.45) is 0 Å². The van der Waals surface area contributed by atoms with Crippen molar-refractivity contribution in [3.05, 3.63) is 126 Å². The minimum atomic E-state index is -0.623. The summed E-state index contributed by atoms with van der Waals surface area (Å²) in [6.07, 6.45) is 1.39. The minimum Gasteiger partial charge on any atom is -0.490 e. The van der Waals surface area contributed by atoms with Crippen molar-refractivity contribution in [2.75, 3.05) is 11.9 Å². The fraction of sp³-hybridized carbons (Fsp3) is 0.125. The Hall–Kier alpha value is -4.75. The number of nitro benzene ring substituents is 1. The molecule has 4 aromatic rings. The Morgan fingerprint density at radius 2 is 1.66 bits per heavy atom. The first-order valence-corrected chi connectivity index (χ1v) is 14.2. The number of hydrogen-bond acceptors (Lipinski definition) is 7. The van der Waals surface area contributed by atoms with Crippen LogP contribution in [0.25, 0.3) is 6.08 Å². The predicted octanol–water partition coefficient (Wildman–Crippen LogP) is 8.66. The molecule has 0 bridgehead atoms. The Morgan fingerprint density at radius 1 is 0.932 bits per heavy atom. The molecule has 224 valence electrons. The molecule has 0 heterocycles. The number of carbonyl (C=O) groups is 1. The molecule has 0 spiro atoms. The zero-order chi connectivity index (χ0) is 31.6. The minimum absolute atomic E-state index is 0.0303. The zero-order valence-corrected chi connectivity index (χ0v) is 25.4. The van der Waals surface area contributed by atoms with E-state index in [0.29, 0.717) is 45.0 Å². The molecule has 0 saturated carbocycles. The summed E-state index contributed by atoms with van der Waals surface area (Å²) in [5, 5.41) is 24.5. The molecule has 1 amide bonds. The number of non-ortho nitro benzene ring substituents is 1. The van der Waals surface area contributed by atoms with Gasteiger partial charge >= 0.3 is 0 Å². The number of carbonyl (C=O) groups excluding carboxylic acids is 1.